The van der Waals surface area contributed by atoms with Crippen LogP contribution in [-0.4, -0.2) is 32.9 Å². The molecule has 0 bridgehead atoms. The first-order valence-electron chi connectivity index (χ1n) is 9.30. The van der Waals surface area contributed by atoms with Gasteiger partial charge in [0.15, 0.2) is 22.3 Å². The van der Waals surface area contributed by atoms with Crippen LogP contribution >= 0.6 is 11.3 Å². The van der Waals surface area contributed by atoms with Crippen molar-refractivity contribution in [1.29, 1.82) is 0 Å². The number of aromatic nitrogens is 4. The molecular weight excluding hydrogens is 402 g/mol. The molecule has 0 atom stereocenters. The van der Waals surface area contributed by atoms with Crippen LogP contribution in [0.25, 0.3) is 10.8 Å². The number of amides is 1. The number of aromatic amines is 1. The zero-order valence-electron chi connectivity index (χ0n) is 15.8. The van der Waals surface area contributed by atoms with Crippen molar-refractivity contribution in [3.8, 4) is 22.3 Å². The number of nitrogens with one attached hydrogen (secondary N) is 1. The molecule has 1 N–H and O–H groups in total. The number of carbonyl (C=O) groups excluding carboxylic acids is 1. The lowest BCUT2D eigenvalue weighted by Gasteiger charge is -2.23. The van der Waals surface area contributed by atoms with Crippen molar-refractivity contribution in [1.82, 2.24) is 20.2 Å². The lowest BCUT2D eigenvalue weighted by Crippen LogP contribution is -2.31. The van der Waals surface area contributed by atoms with E-state index in [1.54, 1.807) is 4.90 Å². The van der Waals surface area contributed by atoms with Crippen LogP contribution in [-0.2, 0) is 17.8 Å². The second-order valence-corrected chi connectivity index (χ2v) is 7.52. The van der Waals surface area contributed by atoms with Crippen LogP contribution < -0.4 is 14.4 Å². The van der Waals surface area contributed by atoms with E-state index in [1.165, 1.54) is 17.7 Å². The molecule has 0 unspecified atom stereocenters. The molecule has 3 heterocycles. The van der Waals surface area contributed by atoms with Crippen LogP contribution in [0.1, 0.15) is 11.3 Å². The molecule has 150 valence electrons. The van der Waals surface area contributed by atoms with Crippen LogP contribution in [0.15, 0.2) is 60.2 Å². The second kappa shape index (κ2) is 7.96. The highest BCUT2D eigenvalue weighted by molar-refractivity contribution is 7.13. The van der Waals surface area contributed by atoms with E-state index in [0.717, 1.165) is 17.0 Å². The summed E-state index contributed by atoms with van der Waals surface area (Å²) in [4.78, 5) is 23.6. The van der Waals surface area contributed by atoms with Gasteiger partial charge < -0.3 is 14.4 Å². The van der Waals surface area contributed by atoms with Crippen molar-refractivity contribution in [3.05, 3.63) is 71.5 Å². The summed E-state index contributed by atoms with van der Waals surface area (Å²) in [5.41, 5.74) is 2.48. The number of para-hydroxylation sites is 1. The van der Waals surface area contributed by atoms with E-state index in [0.29, 0.717) is 28.8 Å². The van der Waals surface area contributed by atoms with Crippen molar-refractivity contribution >= 4 is 22.9 Å². The van der Waals surface area contributed by atoms with E-state index >= 15 is 0 Å². The predicted molar refractivity (Wildman–Crippen MR) is 111 cm³/mol. The van der Waals surface area contributed by atoms with Gasteiger partial charge in [0, 0.05) is 11.1 Å². The molecule has 2 aromatic heterocycles. The molecule has 4 aromatic rings. The molecule has 30 heavy (non-hydrogen) atoms. The zero-order chi connectivity index (χ0) is 20.3. The number of hydrogen-bond acceptors (Lipinski definition) is 7. The second-order valence-electron chi connectivity index (χ2n) is 6.66. The molecule has 8 nitrogen and oxygen atoms in total. The number of anilines is 1. The zero-order valence-corrected chi connectivity index (χ0v) is 16.6. The number of thiazole rings is 1. The van der Waals surface area contributed by atoms with E-state index < -0.39 is 0 Å². The number of ether oxygens (including phenoxy) is 2. The minimum atomic E-state index is -0.0479. The number of nitrogens with zero attached hydrogens (tertiary/aromatic N) is 4. The van der Waals surface area contributed by atoms with Crippen molar-refractivity contribution < 1.29 is 14.3 Å². The molecule has 1 aliphatic heterocycles. The standard InChI is InChI=1S/C21H17N5O3S/c27-19(9-15-11-30-21(24-15)20-22-12-23-25-20)26(16-4-2-1-3-5-16)10-14-6-7-17-18(8-14)29-13-28-17/h1-8,11-12H,9-10,13H2,(H,22,23,25). The third kappa shape index (κ3) is 3.74. The molecule has 0 saturated heterocycles. The number of rotatable bonds is 6. The largest absolute Gasteiger partial charge is 0.454 e. The summed E-state index contributed by atoms with van der Waals surface area (Å²) in [6, 6.07) is 15.3. The van der Waals surface area contributed by atoms with Gasteiger partial charge in [0.2, 0.25) is 12.7 Å². The maximum absolute atomic E-state index is 13.2. The molecule has 9 heteroatoms. The lowest BCUT2D eigenvalue weighted by atomic mass is 10.1. The fourth-order valence-corrected chi connectivity index (χ4v) is 3.97. The number of H-pyrrole nitrogens is 1. The average Bonchev–Trinajstić information content (AvgIpc) is 3.53. The van der Waals surface area contributed by atoms with Crippen LogP contribution in [0.5, 0.6) is 11.5 Å². The van der Waals surface area contributed by atoms with Crippen molar-refractivity contribution in [2.45, 2.75) is 13.0 Å². The summed E-state index contributed by atoms with van der Waals surface area (Å²) in [6.07, 6.45) is 1.62. The third-order valence-electron chi connectivity index (χ3n) is 4.65. The van der Waals surface area contributed by atoms with Gasteiger partial charge in [-0.25, -0.2) is 9.97 Å². The highest BCUT2D eigenvalue weighted by atomic mass is 32.1. The lowest BCUT2D eigenvalue weighted by molar-refractivity contribution is -0.118. The van der Waals surface area contributed by atoms with E-state index in [2.05, 4.69) is 20.2 Å². The maximum Gasteiger partial charge on any atom is 0.233 e. The molecule has 0 saturated carbocycles. The SMILES string of the molecule is O=C(Cc1csc(-c2ncn[nH]2)n1)N(Cc1ccc2c(c1)OCO2)c1ccccc1. The number of fused-ring (bicyclic) bond motifs is 1. The summed E-state index contributed by atoms with van der Waals surface area (Å²) in [5.74, 6) is 1.97. The Hall–Kier alpha value is -3.72. The minimum Gasteiger partial charge on any atom is -0.454 e. The molecule has 1 aliphatic rings. The molecule has 0 fully saturated rings. The van der Waals surface area contributed by atoms with Crippen molar-refractivity contribution in [3.63, 3.8) is 0 Å². The Morgan fingerprint density at radius 1 is 1.13 bits per heavy atom. The molecule has 0 aliphatic carbocycles. The number of carbonyl (C=O) groups is 1. The van der Waals surface area contributed by atoms with Crippen molar-refractivity contribution in [2.75, 3.05) is 11.7 Å². The van der Waals surface area contributed by atoms with Gasteiger partial charge in [0.1, 0.15) is 6.33 Å². The minimum absolute atomic E-state index is 0.0479. The van der Waals surface area contributed by atoms with E-state index in [9.17, 15) is 4.79 Å². The van der Waals surface area contributed by atoms with Gasteiger partial charge >= 0.3 is 0 Å². The van der Waals surface area contributed by atoms with Gasteiger partial charge in [0.05, 0.1) is 18.7 Å². The normalized spacial score (nSPS) is 12.1. The Kier molecular flexibility index (Phi) is 4.86. The highest BCUT2D eigenvalue weighted by Gasteiger charge is 2.20. The molecule has 5 rings (SSSR count). The van der Waals surface area contributed by atoms with Gasteiger partial charge in [-0.2, -0.15) is 5.10 Å². The van der Waals surface area contributed by atoms with Crippen molar-refractivity contribution in [2.24, 2.45) is 0 Å². The van der Waals surface area contributed by atoms with Crippen LogP contribution in [0.3, 0.4) is 0 Å². The average molecular weight is 419 g/mol. The van der Waals surface area contributed by atoms with Gasteiger partial charge in [0.25, 0.3) is 0 Å². The van der Waals surface area contributed by atoms with Gasteiger partial charge in [-0.05, 0) is 29.8 Å². The quantitative estimate of drug-likeness (QED) is 0.515. The Morgan fingerprint density at radius 3 is 2.83 bits per heavy atom. The summed E-state index contributed by atoms with van der Waals surface area (Å²) < 4.78 is 10.9. The van der Waals surface area contributed by atoms with Gasteiger partial charge in [-0.3, -0.25) is 9.89 Å². The van der Waals surface area contributed by atoms with Crippen LogP contribution in [0.2, 0.25) is 0 Å². The first-order valence-corrected chi connectivity index (χ1v) is 10.2. The summed E-state index contributed by atoms with van der Waals surface area (Å²) >= 11 is 1.43. The molecule has 2 aromatic carbocycles. The Bertz CT molecular complexity index is 1160. The summed E-state index contributed by atoms with van der Waals surface area (Å²) in [5, 5.41) is 9.22. The van der Waals surface area contributed by atoms with Crippen LogP contribution in [0.4, 0.5) is 5.69 Å². The smallest absolute Gasteiger partial charge is 0.233 e. The molecule has 0 spiro atoms. The molecular formula is C21H17N5O3S. The molecule has 1 amide bonds. The fraction of sp³-hybridized carbons (Fsp3) is 0.143. The molecule has 0 radical (unpaired) electrons. The van der Waals surface area contributed by atoms with E-state index in [-0.39, 0.29) is 19.1 Å². The first-order chi connectivity index (χ1) is 14.8. The maximum atomic E-state index is 13.2. The Balaban J connectivity index is 1.38. The number of hydrogen-bond donors (Lipinski definition) is 1. The van der Waals surface area contributed by atoms with Gasteiger partial charge in [-0.1, -0.05) is 24.3 Å². The fourth-order valence-electron chi connectivity index (χ4n) is 3.21. The number of benzene rings is 2. The third-order valence-corrected chi connectivity index (χ3v) is 5.55. The summed E-state index contributed by atoms with van der Waals surface area (Å²) in [7, 11) is 0. The Morgan fingerprint density at radius 2 is 2.00 bits per heavy atom. The monoisotopic (exact) mass is 419 g/mol. The van der Waals surface area contributed by atoms with Gasteiger partial charge in [-0.15, -0.1) is 11.3 Å². The highest BCUT2D eigenvalue weighted by Crippen LogP contribution is 2.33. The summed E-state index contributed by atoms with van der Waals surface area (Å²) in [6.45, 7) is 0.635. The van der Waals surface area contributed by atoms with E-state index in [4.69, 9.17) is 9.47 Å². The Labute approximate surface area is 176 Å². The first kappa shape index (κ1) is 18.3. The topological polar surface area (TPSA) is 93.2 Å². The van der Waals surface area contributed by atoms with Crippen LogP contribution in [0, 0.1) is 0 Å². The predicted octanol–water partition coefficient (Wildman–Crippen LogP) is 3.43. The van der Waals surface area contributed by atoms with E-state index in [1.807, 2.05) is 53.9 Å².